The minimum absolute atomic E-state index is 0.141. The molecule has 12 heavy (non-hydrogen) atoms. The van der Waals surface area contributed by atoms with Crippen molar-refractivity contribution in [3.8, 4) is 0 Å². The molecule has 0 spiro atoms. The highest BCUT2D eigenvalue weighted by atomic mass is 16.3. The van der Waals surface area contributed by atoms with Crippen molar-refractivity contribution in [1.29, 1.82) is 0 Å². The van der Waals surface area contributed by atoms with Crippen LogP contribution in [0.4, 0.5) is 0 Å². The van der Waals surface area contributed by atoms with Gasteiger partial charge in [-0.3, -0.25) is 4.90 Å². The van der Waals surface area contributed by atoms with Crippen LogP contribution in [0.2, 0.25) is 0 Å². The van der Waals surface area contributed by atoms with Gasteiger partial charge in [-0.15, -0.1) is 0 Å². The average molecular weight is 167 g/mol. The Bertz CT molecular complexity index is 212. The molecule has 2 aliphatic heterocycles. The van der Waals surface area contributed by atoms with Crippen molar-refractivity contribution in [3.05, 3.63) is 11.6 Å². The second-order valence-corrected chi connectivity index (χ2v) is 4.03. The molecule has 0 radical (unpaired) electrons. The largest absolute Gasteiger partial charge is 0.394 e. The third kappa shape index (κ3) is 1.02. The summed E-state index contributed by atoms with van der Waals surface area (Å²) >= 11 is 0. The van der Waals surface area contributed by atoms with E-state index in [1.807, 2.05) is 0 Å². The number of aliphatic hydroxyl groups is 1. The van der Waals surface area contributed by atoms with Gasteiger partial charge in [0.25, 0.3) is 0 Å². The number of fused-ring (bicyclic) bond motifs is 1. The fourth-order valence-electron chi connectivity index (χ4n) is 2.59. The summed E-state index contributed by atoms with van der Waals surface area (Å²) in [5, 5.41) is 9.37. The lowest BCUT2D eigenvalue weighted by Gasteiger charge is -2.28. The van der Waals surface area contributed by atoms with Crippen LogP contribution in [0.1, 0.15) is 26.2 Å². The van der Waals surface area contributed by atoms with E-state index in [1.165, 1.54) is 25.0 Å². The zero-order chi connectivity index (χ0) is 8.60. The summed E-state index contributed by atoms with van der Waals surface area (Å²) in [6.45, 7) is 4.71. The van der Waals surface area contributed by atoms with E-state index in [-0.39, 0.29) is 5.54 Å². The number of allylic oxidation sites excluding steroid dienone is 1. The van der Waals surface area contributed by atoms with Gasteiger partial charge in [0.2, 0.25) is 0 Å². The molecule has 0 aromatic heterocycles. The van der Waals surface area contributed by atoms with E-state index in [0.717, 1.165) is 13.0 Å². The maximum atomic E-state index is 9.37. The fraction of sp³-hybridized carbons (Fsp3) is 0.800. The number of aliphatic hydroxyl groups excluding tert-OH is 1. The first-order valence-corrected chi connectivity index (χ1v) is 4.81. The minimum atomic E-state index is 0.141. The third-order valence-electron chi connectivity index (χ3n) is 3.39. The molecule has 0 bridgehead atoms. The van der Waals surface area contributed by atoms with E-state index in [0.29, 0.717) is 6.61 Å². The molecule has 2 fully saturated rings. The molecule has 2 nitrogen and oxygen atoms in total. The van der Waals surface area contributed by atoms with Crippen LogP contribution in [-0.2, 0) is 0 Å². The highest BCUT2D eigenvalue weighted by Gasteiger charge is 2.45. The molecular weight excluding hydrogens is 150 g/mol. The summed E-state index contributed by atoms with van der Waals surface area (Å²) in [5.41, 5.74) is 1.64. The van der Waals surface area contributed by atoms with E-state index in [4.69, 9.17) is 0 Å². The molecule has 1 atom stereocenters. The van der Waals surface area contributed by atoms with Gasteiger partial charge in [-0.1, -0.05) is 11.6 Å². The number of nitrogens with zero attached hydrogens (tertiary/aromatic N) is 1. The lowest BCUT2D eigenvalue weighted by atomic mass is 9.93. The first-order chi connectivity index (χ1) is 5.80. The van der Waals surface area contributed by atoms with Gasteiger partial charge in [-0.2, -0.15) is 0 Å². The van der Waals surface area contributed by atoms with Gasteiger partial charge in [0, 0.05) is 12.1 Å². The van der Waals surface area contributed by atoms with Crippen LogP contribution in [-0.4, -0.2) is 35.2 Å². The standard InChI is InChI=1S/C10H17NO/c1-2-9-6-10(8-12)4-3-5-11(10)7-9/h2,12H,3-8H2,1H3/b9-2-/t10-/m0/s1. The van der Waals surface area contributed by atoms with Crippen LogP contribution in [0.5, 0.6) is 0 Å². The summed E-state index contributed by atoms with van der Waals surface area (Å²) in [5.74, 6) is 0. The van der Waals surface area contributed by atoms with Crippen molar-refractivity contribution in [1.82, 2.24) is 4.90 Å². The van der Waals surface area contributed by atoms with Gasteiger partial charge in [0.05, 0.1) is 6.61 Å². The predicted molar refractivity (Wildman–Crippen MR) is 49.0 cm³/mol. The predicted octanol–water partition coefficient (Wildman–Crippen LogP) is 1.16. The highest BCUT2D eigenvalue weighted by molar-refractivity contribution is 5.19. The Morgan fingerprint density at radius 1 is 1.67 bits per heavy atom. The fourth-order valence-corrected chi connectivity index (χ4v) is 2.59. The molecule has 0 unspecified atom stereocenters. The van der Waals surface area contributed by atoms with Crippen LogP contribution >= 0.6 is 0 Å². The van der Waals surface area contributed by atoms with Crippen LogP contribution < -0.4 is 0 Å². The Labute approximate surface area is 73.9 Å². The SMILES string of the molecule is C/C=C1\CN2CCC[C@@]2(CO)C1. The van der Waals surface area contributed by atoms with Gasteiger partial charge >= 0.3 is 0 Å². The molecule has 2 aliphatic rings. The summed E-state index contributed by atoms with van der Waals surface area (Å²) in [6.07, 6.45) is 5.74. The maximum absolute atomic E-state index is 9.37. The highest BCUT2D eigenvalue weighted by Crippen LogP contribution is 2.40. The van der Waals surface area contributed by atoms with E-state index >= 15 is 0 Å². The topological polar surface area (TPSA) is 23.5 Å². The Morgan fingerprint density at radius 2 is 2.50 bits per heavy atom. The second-order valence-electron chi connectivity index (χ2n) is 4.03. The van der Waals surface area contributed by atoms with Gasteiger partial charge in [-0.25, -0.2) is 0 Å². The molecule has 0 aromatic carbocycles. The van der Waals surface area contributed by atoms with Crippen LogP contribution in [0.15, 0.2) is 11.6 Å². The third-order valence-corrected chi connectivity index (χ3v) is 3.39. The first-order valence-electron chi connectivity index (χ1n) is 4.81. The zero-order valence-corrected chi connectivity index (χ0v) is 7.71. The molecule has 2 heteroatoms. The minimum Gasteiger partial charge on any atom is -0.394 e. The Balaban J connectivity index is 2.20. The van der Waals surface area contributed by atoms with Crippen molar-refractivity contribution >= 4 is 0 Å². The molecule has 0 amide bonds. The summed E-state index contributed by atoms with van der Waals surface area (Å²) in [6, 6.07) is 0. The second kappa shape index (κ2) is 2.86. The van der Waals surface area contributed by atoms with Gasteiger partial charge in [-0.05, 0) is 32.7 Å². The molecule has 0 aliphatic carbocycles. The molecule has 0 saturated carbocycles. The first kappa shape index (κ1) is 8.27. The zero-order valence-electron chi connectivity index (χ0n) is 7.71. The van der Waals surface area contributed by atoms with Gasteiger partial charge in [0.1, 0.15) is 0 Å². The van der Waals surface area contributed by atoms with Gasteiger partial charge in [0.15, 0.2) is 0 Å². The Morgan fingerprint density at radius 3 is 3.08 bits per heavy atom. The Hall–Kier alpha value is -0.340. The summed E-state index contributed by atoms with van der Waals surface area (Å²) in [4.78, 5) is 2.45. The Kier molecular flexibility index (Phi) is 1.97. The number of rotatable bonds is 1. The van der Waals surface area contributed by atoms with Crippen LogP contribution in [0.25, 0.3) is 0 Å². The van der Waals surface area contributed by atoms with E-state index in [2.05, 4.69) is 17.9 Å². The van der Waals surface area contributed by atoms with Crippen LogP contribution in [0, 0.1) is 0 Å². The monoisotopic (exact) mass is 167 g/mol. The van der Waals surface area contributed by atoms with E-state index in [1.54, 1.807) is 0 Å². The van der Waals surface area contributed by atoms with Crippen molar-refractivity contribution in [2.45, 2.75) is 31.7 Å². The van der Waals surface area contributed by atoms with Crippen molar-refractivity contribution < 1.29 is 5.11 Å². The maximum Gasteiger partial charge on any atom is 0.0618 e. The lowest BCUT2D eigenvalue weighted by molar-refractivity contribution is 0.1000. The van der Waals surface area contributed by atoms with Crippen molar-refractivity contribution in [3.63, 3.8) is 0 Å². The normalized spacial score (nSPS) is 39.3. The lowest BCUT2D eigenvalue weighted by Crippen LogP contribution is -2.41. The van der Waals surface area contributed by atoms with Gasteiger partial charge < -0.3 is 5.11 Å². The quantitative estimate of drug-likeness (QED) is 0.592. The molecule has 2 saturated heterocycles. The number of hydrogen-bond donors (Lipinski definition) is 1. The molecule has 0 aromatic rings. The smallest absolute Gasteiger partial charge is 0.0618 e. The van der Waals surface area contributed by atoms with Crippen molar-refractivity contribution in [2.24, 2.45) is 0 Å². The van der Waals surface area contributed by atoms with Crippen molar-refractivity contribution in [2.75, 3.05) is 19.7 Å². The van der Waals surface area contributed by atoms with E-state index in [9.17, 15) is 5.11 Å². The molecule has 1 N–H and O–H groups in total. The summed E-state index contributed by atoms with van der Waals surface area (Å²) < 4.78 is 0. The molecular formula is C10H17NO. The van der Waals surface area contributed by atoms with E-state index < -0.39 is 0 Å². The van der Waals surface area contributed by atoms with Crippen LogP contribution in [0.3, 0.4) is 0 Å². The molecule has 68 valence electrons. The summed E-state index contributed by atoms with van der Waals surface area (Å²) in [7, 11) is 0. The molecule has 2 rings (SSSR count). The molecule has 2 heterocycles. The average Bonchev–Trinajstić information content (AvgIpc) is 2.58. The number of hydrogen-bond acceptors (Lipinski definition) is 2.